The zero-order valence-corrected chi connectivity index (χ0v) is 16.9. The van der Waals surface area contributed by atoms with Crippen molar-refractivity contribution in [3.8, 4) is 0 Å². The van der Waals surface area contributed by atoms with Gasteiger partial charge in [0.15, 0.2) is 0 Å². The van der Waals surface area contributed by atoms with Crippen LogP contribution in [0.1, 0.15) is 73.6 Å². The van der Waals surface area contributed by atoms with Crippen molar-refractivity contribution in [1.29, 1.82) is 0 Å². The van der Waals surface area contributed by atoms with E-state index in [2.05, 4.69) is 59.0 Å². The van der Waals surface area contributed by atoms with Gasteiger partial charge in [0.25, 0.3) is 0 Å². The smallest absolute Gasteiger partial charge is 0.0637 e. The van der Waals surface area contributed by atoms with Crippen molar-refractivity contribution in [3.63, 3.8) is 0 Å². The second-order valence-electron chi connectivity index (χ2n) is 9.04. The fraction of sp³-hybridized carbons (Fsp3) is 0.818. The van der Waals surface area contributed by atoms with Gasteiger partial charge in [0.2, 0.25) is 0 Å². The maximum atomic E-state index is 6.28. The molecule has 2 nitrogen and oxygen atoms in total. The molecule has 2 heteroatoms. The SMILES string of the molecule is CC(C)=CCC/C(C)=C/CNCCO[C@@H]1C[C@H]2CC[C@@]1(C)C2(C)C. The molecule has 0 spiro atoms. The zero-order chi connectivity index (χ0) is 17.8. The summed E-state index contributed by atoms with van der Waals surface area (Å²) < 4.78 is 6.28. The van der Waals surface area contributed by atoms with E-state index in [1.54, 1.807) is 0 Å². The topological polar surface area (TPSA) is 21.3 Å². The van der Waals surface area contributed by atoms with Crippen molar-refractivity contribution in [1.82, 2.24) is 5.32 Å². The van der Waals surface area contributed by atoms with E-state index in [1.807, 2.05) is 0 Å². The van der Waals surface area contributed by atoms with E-state index in [0.717, 1.165) is 32.0 Å². The van der Waals surface area contributed by atoms with Crippen LogP contribution < -0.4 is 5.32 Å². The summed E-state index contributed by atoms with van der Waals surface area (Å²) in [5.74, 6) is 0.867. The van der Waals surface area contributed by atoms with Crippen LogP contribution >= 0.6 is 0 Å². The summed E-state index contributed by atoms with van der Waals surface area (Å²) in [6.45, 7) is 16.7. The summed E-state index contributed by atoms with van der Waals surface area (Å²) in [5.41, 5.74) is 3.73. The lowest BCUT2D eigenvalue weighted by molar-refractivity contribution is -0.0448. The summed E-state index contributed by atoms with van der Waals surface area (Å²) in [7, 11) is 0. The van der Waals surface area contributed by atoms with Gasteiger partial charge in [-0.3, -0.25) is 0 Å². The standard InChI is InChI=1S/C22H39NO/c1-17(2)8-7-9-18(3)11-13-23-14-15-24-20-16-19-10-12-22(20,6)21(19,4)5/h8,11,19-20,23H,7,9-10,12-16H2,1-6H3/b18-11+/t19-,20-,22-/m1/s1. The van der Waals surface area contributed by atoms with E-state index in [9.17, 15) is 0 Å². The van der Waals surface area contributed by atoms with Gasteiger partial charge in [0, 0.05) is 13.1 Å². The van der Waals surface area contributed by atoms with Crippen molar-refractivity contribution in [2.24, 2.45) is 16.7 Å². The monoisotopic (exact) mass is 333 g/mol. The minimum atomic E-state index is 0.388. The number of rotatable bonds is 9. The lowest BCUT2D eigenvalue weighted by atomic mass is 9.70. The molecule has 1 N–H and O–H groups in total. The molecule has 2 aliphatic carbocycles. The van der Waals surface area contributed by atoms with Gasteiger partial charge in [-0.2, -0.15) is 0 Å². The summed E-state index contributed by atoms with van der Waals surface area (Å²) in [6, 6.07) is 0. The van der Waals surface area contributed by atoms with Gasteiger partial charge in [0.05, 0.1) is 12.7 Å². The van der Waals surface area contributed by atoms with Gasteiger partial charge < -0.3 is 10.1 Å². The van der Waals surface area contributed by atoms with E-state index >= 15 is 0 Å². The van der Waals surface area contributed by atoms with Crippen molar-refractivity contribution in [2.75, 3.05) is 19.7 Å². The molecule has 0 radical (unpaired) electrons. The molecule has 2 fully saturated rings. The molecule has 0 aliphatic heterocycles. The normalized spacial score (nSPS) is 31.5. The van der Waals surface area contributed by atoms with Crippen molar-refractivity contribution >= 4 is 0 Å². The molecule has 0 aromatic carbocycles. The van der Waals surface area contributed by atoms with Crippen LogP contribution in [0.3, 0.4) is 0 Å². The Kier molecular flexibility index (Phi) is 6.73. The summed E-state index contributed by atoms with van der Waals surface area (Å²) in [6.07, 6.45) is 11.4. The lowest BCUT2D eigenvalue weighted by Crippen LogP contribution is -2.38. The molecule has 2 aliphatic rings. The van der Waals surface area contributed by atoms with Crippen molar-refractivity contribution in [2.45, 2.75) is 79.8 Å². The first-order valence-electron chi connectivity index (χ1n) is 9.88. The minimum Gasteiger partial charge on any atom is -0.376 e. The third kappa shape index (κ3) is 4.32. The van der Waals surface area contributed by atoms with Crippen LogP contribution in [0.4, 0.5) is 0 Å². The number of allylic oxidation sites excluding steroid dienone is 3. The predicted molar refractivity (Wildman–Crippen MR) is 104 cm³/mol. The quantitative estimate of drug-likeness (QED) is 0.444. The Bertz CT molecular complexity index is 472. The third-order valence-electron chi connectivity index (χ3n) is 7.00. The van der Waals surface area contributed by atoms with Gasteiger partial charge in [-0.1, -0.05) is 44.1 Å². The molecule has 0 saturated heterocycles. The predicted octanol–water partition coefficient (Wildman–Crippen LogP) is 5.50. The zero-order valence-electron chi connectivity index (χ0n) is 16.9. The summed E-state index contributed by atoms with van der Waals surface area (Å²) in [5, 5.41) is 3.50. The molecule has 0 unspecified atom stereocenters. The number of hydrogen-bond acceptors (Lipinski definition) is 2. The number of fused-ring (bicyclic) bond motifs is 2. The van der Waals surface area contributed by atoms with Crippen LogP contribution in [0.25, 0.3) is 0 Å². The first-order chi connectivity index (χ1) is 11.3. The van der Waals surface area contributed by atoms with E-state index in [1.165, 1.54) is 36.8 Å². The Morgan fingerprint density at radius 2 is 1.92 bits per heavy atom. The molecule has 2 rings (SSSR count). The largest absolute Gasteiger partial charge is 0.376 e. The first kappa shape index (κ1) is 19.7. The summed E-state index contributed by atoms with van der Waals surface area (Å²) in [4.78, 5) is 0. The first-order valence-corrected chi connectivity index (χ1v) is 9.88. The van der Waals surface area contributed by atoms with Crippen LogP contribution in [0.15, 0.2) is 23.3 Å². The highest BCUT2D eigenvalue weighted by atomic mass is 16.5. The van der Waals surface area contributed by atoms with Gasteiger partial charge in [-0.25, -0.2) is 0 Å². The Balaban J connectivity index is 1.60. The lowest BCUT2D eigenvalue weighted by Gasteiger charge is -2.38. The molecule has 3 atom stereocenters. The Hall–Kier alpha value is -0.600. The Labute approximate surface area is 150 Å². The molecule has 0 aromatic rings. The number of ether oxygens (including phenoxy) is 1. The van der Waals surface area contributed by atoms with E-state index in [-0.39, 0.29) is 0 Å². The minimum absolute atomic E-state index is 0.388. The van der Waals surface area contributed by atoms with Crippen LogP contribution in [-0.4, -0.2) is 25.8 Å². The van der Waals surface area contributed by atoms with Crippen LogP contribution in [0, 0.1) is 16.7 Å². The second-order valence-corrected chi connectivity index (χ2v) is 9.04. The Morgan fingerprint density at radius 3 is 2.50 bits per heavy atom. The van der Waals surface area contributed by atoms with Crippen molar-refractivity contribution < 1.29 is 4.74 Å². The van der Waals surface area contributed by atoms with E-state index in [0.29, 0.717) is 16.9 Å². The van der Waals surface area contributed by atoms with Gasteiger partial charge in [0.1, 0.15) is 0 Å². The van der Waals surface area contributed by atoms with Gasteiger partial charge in [-0.05, 0) is 69.6 Å². The molecule has 0 amide bonds. The molecule has 2 saturated carbocycles. The highest BCUT2D eigenvalue weighted by molar-refractivity contribution is 5.11. The molecule has 138 valence electrons. The molecule has 24 heavy (non-hydrogen) atoms. The highest BCUT2D eigenvalue weighted by Crippen LogP contribution is 2.66. The third-order valence-corrected chi connectivity index (χ3v) is 7.00. The van der Waals surface area contributed by atoms with Crippen LogP contribution in [0.5, 0.6) is 0 Å². The summed E-state index contributed by atoms with van der Waals surface area (Å²) >= 11 is 0. The molecule has 0 heterocycles. The molecular weight excluding hydrogens is 294 g/mol. The maximum Gasteiger partial charge on any atom is 0.0637 e. The Morgan fingerprint density at radius 1 is 1.17 bits per heavy atom. The van der Waals surface area contributed by atoms with Gasteiger partial charge >= 0.3 is 0 Å². The molecular formula is C22H39NO. The fourth-order valence-electron chi connectivity index (χ4n) is 4.69. The fourth-order valence-corrected chi connectivity index (χ4v) is 4.69. The number of hydrogen-bond donors (Lipinski definition) is 1. The second kappa shape index (κ2) is 8.19. The van der Waals surface area contributed by atoms with Gasteiger partial charge in [-0.15, -0.1) is 0 Å². The average molecular weight is 334 g/mol. The van der Waals surface area contributed by atoms with E-state index < -0.39 is 0 Å². The number of nitrogens with one attached hydrogen (secondary N) is 1. The van der Waals surface area contributed by atoms with E-state index in [4.69, 9.17) is 4.74 Å². The maximum absolute atomic E-state index is 6.28. The molecule has 2 bridgehead atoms. The van der Waals surface area contributed by atoms with Crippen molar-refractivity contribution in [3.05, 3.63) is 23.3 Å². The highest BCUT2D eigenvalue weighted by Gasteiger charge is 2.61. The van der Waals surface area contributed by atoms with Crippen LogP contribution in [-0.2, 0) is 4.74 Å². The average Bonchev–Trinajstić information content (AvgIpc) is 2.83. The van der Waals surface area contributed by atoms with Crippen LogP contribution in [0.2, 0.25) is 0 Å². The molecule has 0 aromatic heterocycles.